The Hall–Kier alpha value is -1.16. The molecule has 0 aromatic heterocycles. The Kier molecular flexibility index (Phi) is 10.1. The van der Waals surface area contributed by atoms with Crippen molar-refractivity contribution in [1.82, 2.24) is 0 Å². The number of hydrogen-bond acceptors (Lipinski definition) is 3. The van der Waals surface area contributed by atoms with Crippen molar-refractivity contribution >= 4 is 11.8 Å². The number of allylic oxidation sites excluding steroid dienone is 2. The number of aliphatic hydroxyl groups excluding tert-OH is 1. The molecule has 1 aliphatic carbocycles. The maximum atomic E-state index is 12.2. The molecule has 0 heterocycles. The van der Waals surface area contributed by atoms with E-state index in [1.807, 2.05) is 12.2 Å². The molecule has 1 aliphatic rings. The van der Waals surface area contributed by atoms with Crippen LogP contribution in [0.4, 0.5) is 0 Å². The van der Waals surface area contributed by atoms with E-state index in [4.69, 9.17) is 5.11 Å². The molecule has 4 heteroatoms. The predicted molar refractivity (Wildman–Crippen MR) is 105 cm³/mol. The third-order valence-corrected chi connectivity index (χ3v) is 5.95. The summed E-state index contributed by atoms with van der Waals surface area (Å²) >= 11 is 0. The van der Waals surface area contributed by atoms with E-state index >= 15 is 0 Å². The number of Topliss-reactive ketones (excluding diaryl/α,β-unsaturated/α-hetero) is 1. The first kappa shape index (κ1) is 22.9. The van der Waals surface area contributed by atoms with Crippen LogP contribution < -0.4 is 0 Å². The molecular formula is C22H38O4. The van der Waals surface area contributed by atoms with Gasteiger partial charge >= 0.3 is 5.97 Å². The largest absolute Gasteiger partial charge is 0.481 e. The highest BCUT2D eigenvalue weighted by Crippen LogP contribution is 2.37. The second-order valence-electron chi connectivity index (χ2n) is 8.55. The van der Waals surface area contributed by atoms with E-state index in [0.717, 1.165) is 51.4 Å². The Balaban J connectivity index is 2.41. The first-order valence-electron chi connectivity index (χ1n) is 10.4. The Morgan fingerprint density at radius 1 is 1.31 bits per heavy atom. The number of carboxylic acids is 1. The molecule has 1 fully saturated rings. The van der Waals surface area contributed by atoms with Gasteiger partial charge in [0.1, 0.15) is 5.78 Å². The molecule has 2 N–H and O–H groups in total. The van der Waals surface area contributed by atoms with E-state index in [1.165, 1.54) is 0 Å². The Morgan fingerprint density at radius 3 is 2.69 bits per heavy atom. The van der Waals surface area contributed by atoms with Gasteiger partial charge in [-0.1, -0.05) is 45.8 Å². The van der Waals surface area contributed by atoms with Crippen LogP contribution in [0.1, 0.15) is 91.4 Å². The predicted octanol–water partition coefficient (Wildman–Crippen LogP) is 5.14. The SMILES string of the molecule is CCCCC(C)(C)C(O)CCC1CCC(=O)C1C/C=C\CCCC(=O)O. The summed E-state index contributed by atoms with van der Waals surface area (Å²) in [6, 6.07) is 0. The third kappa shape index (κ3) is 8.03. The zero-order chi connectivity index (χ0) is 19.6. The maximum absolute atomic E-state index is 12.2. The zero-order valence-corrected chi connectivity index (χ0v) is 16.9. The molecule has 3 unspecified atom stereocenters. The maximum Gasteiger partial charge on any atom is 0.303 e. The van der Waals surface area contributed by atoms with Crippen LogP contribution in [0.3, 0.4) is 0 Å². The van der Waals surface area contributed by atoms with Gasteiger partial charge in [0, 0.05) is 18.8 Å². The summed E-state index contributed by atoms with van der Waals surface area (Å²) in [7, 11) is 0. The van der Waals surface area contributed by atoms with Gasteiger partial charge in [-0.2, -0.15) is 0 Å². The van der Waals surface area contributed by atoms with E-state index in [1.54, 1.807) is 0 Å². The number of rotatable bonds is 13. The monoisotopic (exact) mass is 366 g/mol. The number of carbonyl (C=O) groups is 2. The highest BCUT2D eigenvalue weighted by atomic mass is 16.4. The van der Waals surface area contributed by atoms with Gasteiger partial charge < -0.3 is 10.2 Å². The van der Waals surface area contributed by atoms with Crippen molar-refractivity contribution in [2.45, 2.75) is 97.5 Å². The lowest BCUT2D eigenvalue weighted by Crippen LogP contribution is -2.30. The summed E-state index contributed by atoms with van der Waals surface area (Å²) < 4.78 is 0. The van der Waals surface area contributed by atoms with Crippen LogP contribution in [0.15, 0.2) is 12.2 Å². The van der Waals surface area contributed by atoms with Crippen LogP contribution in [0, 0.1) is 17.3 Å². The van der Waals surface area contributed by atoms with E-state index in [-0.39, 0.29) is 23.9 Å². The lowest BCUT2D eigenvalue weighted by Gasteiger charge is -2.31. The van der Waals surface area contributed by atoms with Crippen LogP contribution in [0.5, 0.6) is 0 Å². The van der Waals surface area contributed by atoms with Crippen molar-refractivity contribution < 1.29 is 19.8 Å². The molecule has 1 rings (SSSR count). The number of aliphatic carboxylic acids is 1. The van der Waals surface area contributed by atoms with Crippen LogP contribution >= 0.6 is 0 Å². The Bertz CT molecular complexity index is 467. The zero-order valence-electron chi connectivity index (χ0n) is 16.9. The fourth-order valence-electron chi connectivity index (χ4n) is 3.94. The number of ketones is 1. The van der Waals surface area contributed by atoms with Gasteiger partial charge in [-0.05, 0) is 56.3 Å². The second kappa shape index (κ2) is 11.5. The molecule has 0 amide bonds. The third-order valence-electron chi connectivity index (χ3n) is 5.95. The Labute approximate surface area is 159 Å². The van der Waals surface area contributed by atoms with Crippen LogP contribution in [-0.2, 0) is 9.59 Å². The quantitative estimate of drug-likeness (QED) is 0.349. The molecule has 0 aliphatic heterocycles. The molecule has 4 nitrogen and oxygen atoms in total. The van der Waals surface area contributed by atoms with Gasteiger partial charge in [-0.3, -0.25) is 9.59 Å². The minimum absolute atomic E-state index is 0.0574. The van der Waals surface area contributed by atoms with Crippen molar-refractivity contribution in [3.05, 3.63) is 12.2 Å². The van der Waals surface area contributed by atoms with Crippen LogP contribution in [0.25, 0.3) is 0 Å². The number of aliphatic hydroxyl groups is 1. The first-order valence-corrected chi connectivity index (χ1v) is 10.4. The molecule has 150 valence electrons. The molecule has 0 aromatic rings. The highest BCUT2D eigenvalue weighted by Gasteiger charge is 2.35. The molecule has 1 saturated carbocycles. The van der Waals surface area contributed by atoms with E-state index in [0.29, 0.717) is 24.5 Å². The summed E-state index contributed by atoms with van der Waals surface area (Å²) in [5, 5.41) is 19.2. The lowest BCUT2D eigenvalue weighted by atomic mass is 9.77. The topological polar surface area (TPSA) is 74.6 Å². The molecule has 0 spiro atoms. The smallest absolute Gasteiger partial charge is 0.303 e. The van der Waals surface area contributed by atoms with Crippen LogP contribution in [-0.4, -0.2) is 28.1 Å². The fraction of sp³-hybridized carbons (Fsp3) is 0.818. The molecule has 0 radical (unpaired) electrons. The summed E-state index contributed by atoms with van der Waals surface area (Å²) in [6.07, 6.45) is 12.7. The molecule has 26 heavy (non-hydrogen) atoms. The molecule has 0 aromatic carbocycles. The average Bonchev–Trinajstić information content (AvgIpc) is 2.93. The lowest BCUT2D eigenvalue weighted by molar-refractivity contribution is -0.137. The first-order chi connectivity index (χ1) is 12.3. The van der Waals surface area contributed by atoms with Gasteiger partial charge in [0.05, 0.1) is 6.10 Å². The summed E-state index contributed by atoms with van der Waals surface area (Å²) in [4.78, 5) is 22.7. The van der Waals surface area contributed by atoms with Crippen molar-refractivity contribution in [3.63, 3.8) is 0 Å². The van der Waals surface area contributed by atoms with Gasteiger partial charge in [0.2, 0.25) is 0 Å². The van der Waals surface area contributed by atoms with Crippen molar-refractivity contribution in [1.29, 1.82) is 0 Å². The van der Waals surface area contributed by atoms with Crippen LogP contribution in [0.2, 0.25) is 0 Å². The summed E-state index contributed by atoms with van der Waals surface area (Å²) in [5.41, 5.74) is -0.0574. The second-order valence-corrected chi connectivity index (χ2v) is 8.55. The van der Waals surface area contributed by atoms with Crippen molar-refractivity contribution in [2.24, 2.45) is 17.3 Å². The van der Waals surface area contributed by atoms with E-state index in [9.17, 15) is 14.7 Å². The average molecular weight is 367 g/mol. The number of carboxylic acid groups (broad SMARTS) is 1. The van der Waals surface area contributed by atoms with Gasteiger partial charge in [0.25, 0.3) is 0 Å². The Morgan fingerprint density at radius 2 is 2.04 bits per heavy atom. The van der Waals surface area contributed by atoms with Gasteiger partial charge in [0.15, 0.2) is 0 Å². The number of carbonyl (C=O) groups excluding carboxylic acids is 1. The van der Waals surface area contributed by atoms with E-state index < -0.39 is 5.97 Å². The number of unbranched alkanes of at least 4 members (excludes halogenated alkanes) is 2. The molecule has 0 saturated heterocycles. The summed E-state index contributed by atoms with van der Waals surface area (Å²) in [6.45, 7) is 6.46. The molecule has 3 atom stereocenters. The van der Waals surface area contributed by atoms with Crippen molar-refractivity contribution in [2.75, 3.05) is 0 Å². The minimum atomic E-state index is -0.759. The summed E-state index contributed by atoms with van der Waals surface area (Å²) in [5.74, 6) is 0.0502. The highest BCUT2D eigenvalue weighted by molar-refractivity contribution is 5.83. The van der Waals surface area contributed by atoms with Gasteiger partial charge in [-0.15, -0.1) is 0 Å². The molecule has 0 bridgehead atoms. The van der Waals surface area contributed by atoms with E-state index in [2.05, 4.69) is 20.8 Å². The normalized spacial score (nSPS) is 22.2. The standard InChI is InChI=1S/C22H38O4/c1-4-5-16-22(2,3)20(24)15-13-17-12-14-19(23)18(17)10-8-6-7-9-11-21(25)26/h6,8,17-18,20,24H,4-5,7,9-16H2,1-3H3,(H,25,26)/b8-6-. The van der Waals surface area contributed by atoms with Gasteiger partial charge in [-0.25, -0.2) is 0 Å². The minimum Gasteiger partial charge on any atom is -0.481 e. The fourth-order valence-corrected chi connectivity index (χ4v) is 3.94. The number of hydrogen-bond donors (Lipinski definition) is 2. The van der Waals surface area contributed by atoms with Crippen molar-refractivity contribution in [3.8, 4) is 0 Å². The molecular weight excluding hydrogens is 328 g/mol.